The van der Waals surface area contributed by atoms with E-state index in [4.69, 9.17) is 0 Å². The van der Waals surface area contributed by atoms with E-state index < -0.39 is 10.0 Å². The fourth-order valence-electron chi connectivity index (χ4n) is 3.56. The van der Waals surface area contributed by atoms with Crippen molar-refractivity contribution < 1.29 is 8.42 Å². The van der Waals surface area contributed by atoms with Gasteiger partial charge in [-0.25, -0.2) is 8.42 Å². The number of benzene rings is 2. The van der Waals surface area contributed by atoms with Gasteiger partial charge in [-0.05, 0) is 44.5 Å². The maximum atomic E-state index is 13.0. The molecule has 0 bridgehead atoms. The summed E-state index contributed by atoms with van der Waals surface area (Å²) in [7, 11) is -3.46. The lowest BCUT2D eigenvalue weighted by Crippen LogP contribution is -2.58. The van der Waals surface area contributed by atoms with Gasteiger partial charge in [0, 0.05) is 30.9 Å². The van der Waals surface area contributed by atoms with E-state index in [-0.39, 0.29) is 12.1 Å². The van der Waals surface area contributed by atoms with E-state index in [2.05, 4.69) is 30.9 Å². The summed E-state index contributed by atoms with van der Waals surface area (Å²) in [5.74, 6) is 0. The van der Waals surface area contributed by atoms with Gasteiger partial charge >= 0.3 is 0 Å². The number of rotatable bonds is 3. The van der Waals surface area contributed by atoms with Gasteiger partial charge in [-0.15, -0.1) is 0 Å². The molecule has 1 heterocycles. The molecule has 2 unspecified atom stereocenters. The van der Waals surface area contributed by atoms with Gasteiger partial charge in [-0.3, -0.25) is 0 Å². The second kappa shape index (κ2) is 6.57. The zero-order chi connectivity index (χ0) is 17.3. The fourth-order valence-corrected chi connectivity index (χ4v) is 5.39. The quantitative estimate of drug-likeness (QED) is 0.858. The van der Waals surface area contributed by atoms with Crippen molar-refractivity contribution >= 4 is 15.7 Å². The predicted molar refractivity (Wildman–Crippen MR) is 97.8 cm³/mol. The average molecular weight is 344 g/mol. The first kappa shape index (κ1) is 17.0. The fraction of sp³-hybridized carbons (Fsp3) is 0.368. The Morgan fingerprint density at radius 2 is 1.42 bits per heavy atom. The molecule has 1 aliphatic heterocycles. The molecule has 1 fully saturated rings. The summed E-state index contributed by atoms with van der Waals surface area (Å²) in [5.41, 5.74) is 1.94. The lowest BCUT2D eigenvalue weighted by atomic mass is 10.1. The summed E-state index contributed by atoms with van der Waals surface area (Å²) in [6, 6.07) is 17.6. The molecular weight excluding hydrogens is 320 g/mol. The van der Waals surface area contributed by atoms with E-state index in [0.29, 0.717) is 18.0 Å². The van der Waals surface area contributed by atoms with Crippen LogP contribution in [-0.4, -0.2) is 37.9 Å². The van der Waals surface area contributed by atoms with Gasteiger partial charge in [-0.1, -0.05) is 36.4 Å². The minimum Gasteiger partial charge on any atom is -0.363 e. The van der Waals surface area contributed by atoms with Crippen LogP contribution in [0, 0.1) is 6.92 Å². The molecule has 1 aliphatic rings. The summed E-state index contributed by atoms with van der Waals surface area (Å²) < 4.78 is 27.7. The molecule has 0 saturated carbocycles. The van der Waals surface area contributed by atoms with Crippen molar-refractivity contribution in [1.29, 1.82) is 0 Å². The van der Waals surface area contributed by atoms with Crippen LogP contribution in [-0.2, 0) is 10.0 Å². The molecule has 2 atom stereocenters. The highest BCUT2D eigenvalue weighted by molar-refractivity contribution is 7.89. The van der Waals surface area contributed by atoms with E-state index in [1.165, 1.54) is 0 Å². The first-order chi connectivity index (χ1) is 11.4. The van der Waals surface area contributed by atoms with E-state index in [1.54, 1.807) is 16.4 Å². The topological polar surface area (TPSA) is 40.6 Å². The number of anilines is 1. The third-order valence-electron chi connectivity index (χ3n) is 4.65. The maximum Gasteiger partial charge on any atom is 0.243 e. The monoisotopic (exact) mass is 344 g/mol. The number of hydrogen-bond donors (Lipinski definition) is 0. The average Bonchev–Trinajstić information content (AvgIpc) is 2.55. The van der Waals surface area contributed by atoms with Crippen LogP contribution in [0.4, 0.5) is 5.69 Å². The minimum atomic E-state index is -3.46. The van der Waals surface area contributed by atoms with Crippen LogP contribution < -0.4 is 4.90 Å². The highest BCUT2D eigenvalue weighted by atomic mass is 32.2. The van der Waals surface area contributed by atoms with Crippen molar-refractivity contribution in [3.05, 3.63) is 60.2 Å². The van der Waals surface area contributed by atoms with Gasteiger partial charge in [0.1, 0.15) is 0 Å². The predicted octanol–water partition coefficient (Wildman–Crippen LogP) is 3.28. The molecule has 0 N–H and O–H groups in total. The summed E-state index contributed by atoms with van der Waals surface area (Å²) >= 11 is 0. The first-order valence-corrected chi connectivity index (χ1v) is 9.74. The molecule has 2 aromatic carbocycles. The van der Waals surface area contributed by atoms with Crippen LogP contribution in [0.5, 0.6) is 0 Å². The van der Waals surface area contributed by atoms with Crippen LogP contribution >= 0.6 is 0 Å². The Morgan fingerprint density at radius 3 is 2.00 bits per heavy atom. The maximum absolute atomic E-state index is 13.0. The number of para-hydroxylation sites is 1. The number of sulfonamides is 1. The van der Waals surface area contributed by atoms with Gasteiger partial charge in [0.05, 0.1) is 4.90 Å². The Bertz CT molecular complexity index is 793. The largest absolute Gasteiger partial charge is 0.363 e. The van der Waals surface area contributed by atoms with E-state index in [9.17, 15) is 8.42 Å². The summed E-state index contributed by atoms with van der Waals surface area (Å²) in [5, 5.41) is 0. The minimum absolute atomic E-state index is 0.120. The molecular formula is C19H24N2O2S. The van der Waals surface area contributed by atoms with Crippen molar-refractivity contribution in [3.8, 4) is 0 Å². The third-order valence-corrected chi connectivity index (χ3v) is 6.64. The SMILES string of the molecule is Cc1ccccc1S(=O)(=O)N1CC(C)N(c2ccccc2)C(C)C1. The highest BCUT2D eigenvalue weighted by Gasteiger charge is 2.36. The number of nitrogens with zero attached hydrogens (tertiary/aromatic N) is 2. The third kappa shape index (κ3) is 3.06. The highest BCUT2D eigenvalue weighted by Crippen LogP contribution is 2.28. The van der Waals surface area contributed by atoms with E-state index >= 15 is 0 Å². The van der Waals surface area contributed by atoms with Crippen molar-refractivity contribution in [2.24, 2.45) is 0 Å². The molecule has 0 aromatic heterocycles. The Labute approximate surface area is 144 Å². The molecule has 0 aliphatic carbocycles. The summed E-state index contributed by atoms with van der Waals surface area (Å²) in [6.45, 7) is 7.01. The lowest BCUT2D eigenvalue weighted by molar-refractivity contribution is 0.301. The molecule has 2 aromatic rings. The molecule has 0 radical (unpaired) electrons. The Balaban J connectivity index is 1.88. The summed E-state index contributed by atoms with van der Waals surface area (Å²) in [6.07, 6.45) is 0. The van der Waals surface area contributed by atoms with Gasteiger partial charge in [0.25, 0.3) is 0 Å². The summed E-state index contributed by atoms with van der Waals surface area (Å²) in [4.78, 5) is 2.72. The van der Waals surface area contributed by atoms with Gasteiger partial charge < -0.3 is 4.90 Å². The normalized spacial score (nSPS) is 22.5. The second-order valence-corrected chi connectivity index (χ2v) is 8.43. The number of piperazine rings is 1. The van der Waals surface area contributed by atoms with Crippen LogP contribution in [0.2, 0.25) is 0 Å². The van der Waals surface area contributed by atoms with E-state index in [0.717, 1.165) is 11.3 Å². The van der Waals surface area contributed by atoms with Gasteiger partial charge in [-0.2, -0.15) is 4.31 Å². The number of hydrogen-bond acceptors (Lipinski definition) is 3. The van der Waals surface area contributed by atoms with Crippen molar-refractivity contribution in [3.63, 3.8) is 0 Å². The standard InChI is InChI=1S/C19H24N2O2S/c1-15-9-7-8-12-19(15)24(22,23)20-13-16(2)21(17(3)14-20)18-10-5-4-6-11-18/h4-12,16-17H,13-14H2,1-3H3. The van der Waals surface area contributed by atoms with Crippen LogP contribution in [0.3, 0.4) is 0 Å². The Morgan fingerprint density at radius 1 is 0.875 bits per heavy atom. The molecule has 128 valence electrons. The van der Waals surface area contributed by atoms with Crippen LogP contribution in [0.25, 0.3) is 0 Å². The molecule has 1 saturated heterocycles. The van der Waals surface area contributed by atoms with Crippen molar-refractivity contribution in [1.82, 2.24) is 4.31 Å². The Kier molecular flexibility index (Phi) is 4.65. The molecule has 0 amide bonds. The van der Waals surface area contributed by atoms with Crippen LogP contribution in [0.1, 0.15) is 19.4 Å². The smallest absolute Gasteiger partial charge is 0.243 e. The first-order valence-electron chi connectivity index (χ1n) is 8.30. The molecule has 4 nitrogen and oxygen atoms in total. The van der Waals surface area contributed by atoms with Crippen LogP contribution in [0.15, 0.2) is 59.5 Å². The Hall–Kier alpha value is -1.85. The van der Waals surface area contributed by atoms with Gasteiger partial charge in [0.15, 0.2) is 0 Å². The lowest BCUT2D eigenvalue weighted by Gasteiger charge is -2.45. The molecule has 24 heavy (non-hydrogen) atoms. The van der Waals surface area contributed by atoms with Crippen molar-refractivity contribution in [2.75, 3.05) is 18.0 Å². The number of aryl methyl sites for hydroxylation is 1. The molecule has 0 spiro atoms. The zero-order valence-corrected chi connectivity index (χ0v) is 15.2. The molecule has 5 heteroatoms. The van der Waals surface area contributed by atoms with Crippen molar-refractivity contribution in [2.45, 2.75) is 37.8 Å². The van der Waals surface area contributed by atoms with Gasteiger partial charge in [0.2, 0.25) is 10.0 Å². The van der Waals surface area contributed by atoms with E-state index in [1.807, 2.05) is 37.3 Å². The second-order valence-electron chi connectivity index (χ2n) is 6.53. The molecule has 3 rings (SSSR count). The zero-order valence-electron chi connectivity index (χ0n) is 14.4.